The molecule has 146 valence electrons. The second-order valence-corrected chi connectivity index (χ2v) is 7.58. The number of hydrogen-bond acceptors (Lipinski definition) is 4. The van der Waals surface area contributed by atoms with Gasteiger partial charge in [0.25, 0.3) is 0 Å². The smallest absolute Gasteiger partial charge is 0.122 e. The lowest BCUT2D eigenvalue weighted by atomic mass is 10.0. The Morgan fingerprint density at radius 1 is 1.11 bits per heavy atom. The number of ether oxygens (including phenoxy) is 2. The van der Waals surface area contributed by atoms with Crippen molar-refractivity contribution >= 4 is 0 Å². The van der Waals surface area contributed by atoms with E-state index >= 15 is 0 Å². The first-order valence-corrected chi connectivity index (χ1v) is 9.86. The van der Waals surface area contributed by atoms with Crippen LogP contribution in [0, 0.1) is 0 Å². The fraction of sp³-hybridized carbons (Fsp3) is 0.478. The van der Waals surface area contributed by atoms with E-state index in [1.807, 2.05) is 30.3 Å². The van der Waals surface area contributed by atoms with Crippen LogP contribution < -0.4 is 9.47 Å². The van der Waals surface area contributed by atoms with Crippen LogP contribution in [0.4, 0.5) is 0 Å². The lowest BCUT2D eigenvalue weighted by Crippen LogP contribution is -2.35. The minimum Gasteiger partial charge on any atom is -0.497 e. The number of aliphatic hydroxyl groups excluding tert-OH is 1. The normalized spacial score (nSPS) is 18.6. The van der Waals surface area contributed by atoms with Crippen molar-refractivity contribution in [2.45, 2.75) is 44.8 Å². The molecule has 1 saturated heterocycles. The monoisotopic (exact) mass is 369 g/mol. The number of hydrogen-bond donors (Lipinski definition) is 1. The van der Waals surface area contributed by atoms with Crippen LogP contribution >= 0.6 is 0 Å². The zero-order valence-electron chi connectivity index (χ0n) is 16.6. The molecule has 2 atom stereocenters. The molecular weight excluding hydrogens is 338 g/mol. The molecule has 0 radical (unpaired) electrons. The van der Waals surface area contributed by atoms with Crippen molar-refractivity contribution in [2.75, 3.05) is 26.8 Å². The first-order valence-electron chi connectivity index (χ1n) is 9.86. The van der Waals surface area contributed by atoms with Crippen molar-refractivity contribution in [3.8, 4) is 11.5 Å². The van der Waals surface area contributed by atoms with Gasteiger partial charge in [-0.3, -0.25) is 4.90 Å². The first-order chi connectivity index (χ1) is 13.1. The zero-order valence-corrected chi connectivity index (χ0v) is 16.6. The lowest BCUT2D eigenvalue weighted by Gasteiger charge is -2.27. The zero-order chi connectivity index (χ0) is 19.2. The third kappa shape index (κ3) is 5.02. The second-order valence-electron chi connectivity index (χ2n) is 7.58. The quantitative estimate of drug-likeness (QED) is 0.749. The Morgan fingerprint density at radius 2 is 1.85 bits per heavy atom. The molecule has 0 saturated carbocycles. The standard InChI is InChI=1S/C23H31NO3/c1-17(2)21-7-4-5-9-23(21)27-16-19(25)15-24-14-6-8-22(24)18-10-12-20(26-3)13-11-18/h4-5,7,9-13,17,19,22,25H,6,8,14-16H2,1-3H3/t19-,22+/m1/s1. The summed E-state index contributed by atoms with van der Waals surface area (Å²) in [5.41, 5.74) is 2.47. The third-order valence-electron chi connectivity index (χ3n) is 5.28. The summed E-state index contributed by atoms with van der Waals surface area (Å²) in [7, 11) is 1.69. The Balaban J connectivity index is 1.57. The maximum atomic E-state index is 10.6. The van der Waals surface area contributed by atoms with E-state index in [2.05, 4.69) is 36.9 Å². The summed E-state index contributed by atoms with van der Waals surface area (Å²) in [6.45, 7) is 6.26. The molecule has 1 aliphatic heterocycles. The summed E-state index contributed by atoms with van der Waals surface area (Å²) in [5, 5.41) is 10.6. The van der Waals surface area contributed by atoms with E-state index in [9.17, 15) is 5.11 Å². The summed E-state index contributed by atoms with van der Waals surface area (Å²) in [6, 6.07) is 16.7. The summed E-state index contributed by atoms with van der Waals surface area (Å²) in [4.78, 5) is 2.37. The minimum absolute atomic E-state index is 0.315. The molecule has 3 rings (SSSR count). The van der Waals surface area contributed by atoms with E-state index in [4.69, 9.17) is 9.47 Å². The van der Waals surface area contributed by atoms with Crippen LogP contribution in [0.3, 0.4) is 0 Å². The van der Waals surface area contributed by atoms with E-state index in [0.717, 1.165) is 30.9 Å². The van der Waals surface area contributed by atoms with Crippen molar-refractivity contribution in [3.63, 3.8) is 0 Å². The molecule has 1 aliphatic rings. The van der Waals surface area contributed by atoms with Crippen molar-refractivity contribution in [2.24, 2.45) is 0 Å². The van der Waals surface area contributed by atoms with Gasteiger partial charge in [0, 0.05) is 12.6 Å². The highest BCUT2D eigenvalue weighted by molar-refractivity contribution is 5.35. The summed E-state index contributed by atoms with van der Waals surface area (Å²) >= 11 is 0. The fourth-order valence-corrected chi connectivity index (χ4v) is 3.85. The molecule has 0 aliphatic carbocycles. The molecule has 0 spiro atoms. The van der Waals surface area contributed by atoms with Gasteiger partial charge in [-0.15, -0.1) is 0 Å². The molecule has 1 N–H and O–H groups in total. The molecule has 0 bridgehead atoms. The molecule has 4 nitrogen and oxygen atoms in total. The second kappa shape index (κ2) is 9.25. The van der Waals surface area contributed by atoms with Crippen molar-refractivity contribution in [1.82, 2.24) is 4.90 Å². The third-order valence-corrected chi connectivity index (χ3v) is 5.28. The van der Waals surface area contributed by atoms with Crippen molar-refractivity contribution in [3.05, 3.63) is 59.7 Å². The number of rotatable bonds is 8. The van der Waals surface area contributed by atoms with E-state index in [-0.39, 0.29) is 0 Å². The lowest BCUT2D eigenvalue weighted by molar-refractivity contribution is 0.0634. The molecule has 0 amide bonds. The molecule has 0 aromatic heterocycles. The molecule has 1 heterocycles. The summed E-state index contributed by atoms with van der Waals surface area (Å²) < 4.78 is 11.2. The van der Waals surface area contributed by atoms with Gasteiger partial charge in [-0.25, -0.2) is 0 Å². The van der Waals surface area contributed by atoms with Gasteiger partial charge < -0.3 is 14.6 Å². The van der Waals surface area contributed by atoms with E-state index in [0.29, 0.717) is 25.1 Å². The Hall–Kier alpha value is -2.04. The maximum absolute atomic E-state index is 10.6. The molecular formula is C23H31NO3. The van der Waals surface area contributed by atoms with E-state index in [1.165, 1.54) is 11.1 Å². The van der Waals surface area contributed by atoms with E-state index in [1.54, 1.807) is 7.11 Å². The van der Waals surface area contributed by atoms with Gasteiger partial charge >= 0.3 is 0 Å². The molecule has 4 heteroatoms. The molecule has 2 aromatic rings. The summed E-state index contributed by atoms with van der Waals surface area (Å²) in [6.07, 6.45) is 1.76. The Morgan fingerprint density at radius 3 is 2.56 bits per heavy atom. The van der Waals surface area contributed by atoms with Crippen LogP contribution in [0.1, 0.15) is 49.8 Å². The van der Waals surface area contributed by atoms with Gasteiger partial charge in [0.1, 0.15) is 24.2 Å². The number of aliphatic hydroxyl groups is 1. The number of para-hydroxylation sites is 1. The van der Waals surface area contributed by atoms with Crippen molar-refractivity contribution < 1.29 is 14.6 Å². The van der Waals surface area contributed by atoms with Crippen LogP contribution in [0.15, 0.2) is 48.5 Å². The van der Waals surface area contributed by atoms with Gasteiger partial charge in [0.15, 0.2) is 0 Å². The Labute approximate surface area is 162 Å². The van der Waals surface area contributed by atoms with Gasteiger partial charge in [0.05, 0.1) is 7.11 Å². The van der Waals surface area contributed by atoms with Gasteiger partial charge in [0.2, 0.25) is 0 Å². The van der Waals surface area contributed by atoms with Crippen LogP contribution in [0.25, 0.3) is 0 Å². The largest absolute Gasteiger partial charge is 0.497 e. The number of likely N-dealkylation sites (tertiary alicyclic amines) is 1. The number of nitrogens with zero attached hydrogens (tertiary/aromatic N) is 1. The average Bonchev–Trinajstić information content (AvgIpc) is 3.14. The number of β-amino-alcohol motifs (C(OH)–C–C–N with tert-alkyl or cyclic N) is 1. The average molecular weight is 370 g/mol. The van der Waals surface area contributed by atoms with Gasteiger partial charge in [-0.2, -0.15) is 0 Å². The van der Waals surface area contributed by atoms with Gasteiger partial charge in [-0.1, -0.05) is 44.2 Å². The highest BCUT2D eigenvalue weighted by Gasteiger charge is 2.27. The molecule has 1 fully saturated rings. The Bertz CT molecular complexity index is 714. The molecule has 27 heavy (non-hydrogen) atoms. The van der Waals surface area contributed by atoms with Crippen molar-refractivity contribution in [1.29, 1.82) is 0 Å². The van der Waals surface area contributed by atoms with Crippen LogP contribution in [0.5, 0.6) is 11.5 Å². The SMILES string of the molecule is COc1ccc([C@@H]2CCCN2C[C@@H](O)COc2ccccc2C(C)C)cc1. The predicted octanol–water partition coefficient (Wildman–Crippen LogP) is 4.40. The Kier molecular flexibility index (Phi) is 6.75. The van der Waals surface area contributed by atoms with E-state index < -0.39 is 6.10 Å². The maximum Gasteiger partial charge on any atom is 0.122 e. The topological polar surface area (TPSA) is 41.9 Å². The summed E-state index contributed by atoms with van der Waals surface area (Å²) in [5.74, 6) is 2.15. The predicted molar refractivity (Wildman–Crippen MR) is 109 cm³/mol. The number of benzene rings is 2. The highest BCUT2D eigenvalue weighted by Crippen LogP contribution is 2.33. The highest BCUT2D eigenvalue weighted by atomic mass is 16.5. The van der Waals surface area contributed by atoms with Gasteiger partial charge in [-0.05, 0) is 54.6 Å². The first kappa shape index (κ1) is 19.7. The van der Waals surface area contributed by atoms with Crippen LogP contribution in [-0.2, 0) is 0 Å². The van der Waals surface area contributed by atoms with Crippen LogP contribution in [-0.4, -0.2) is 42.9 Å². The number of methoxy groups -OCH3 is 1. The molecule has 0 unspecified atom stereocenters. The molecule has 2 aromatic carbocycles. The minimum atomic E-state index is -0.510. The van der Waals surface area contributed by atoms with Crippen LogP contribution in [0.2, 0.25) is 0 Å². The fourth-order valence-electron chi connectivity index (χ4n) is 3.85.